The van der Waals surface area contributed by atoms with Gasteiger partial charge in [-0.1, -0.05) is 40.0 Å². The Bertz CT molecular complexity index is 246. The van der Waals surface area contributed by atoms with Crippen LogP contribution >= 0.6 is 0 Å². The van der Waals surface area contributed by atoms with Gasteiger partial charge in [-0.2, -0.15) is 0 Å². The molecule has 0 aromatic heterocycles. The molecule has 0 spiro atoms. The van der Waals surface area contributed by atoms with Crippen LogP contribution in [0.2, 0.25) is 0 Å². The third-order valence-electron chi connectivity index (χ3n) is 3.87. The lowest BCUT2D eigenvalue weighted by Crippen LogP contribution is -2.47. The fourth-order valence-corrected chi connectivity index (χ4v) is 2.07. The van der Waals surface area contributed by atoms with Crippen molar-refractivity contribution in [1.82, 2.24) is 0 Å². The van der Waals surface area contributed by atoms with Gasteiger partial charge in [0.25, 0.3) is 0 Å². The molecular formula is C15H31NO3. The largest absolute Gasteiger partial charge is 0.480 e. The molecule has 0 bridgehead atoms. The molecule has 0 saturated carbocycles. The number of carbonyl (C=O) groups is 1. The standard InChI is InChI=1S/C15H31NO3/c1-4-7-9-13(5-2)12-19-11-8-10-15(16,6-3)14(17)18/h13H,4-12,16H2,1-3H3,(H,17,18). The maximum atomic E-state index is 11.0. The minimum absolute atomic E-state index is 0.455. The topological polar surface area (TPSA) is 72.5 Å². The number of aliphatic carboxylic acids is 1. The van der Waals surface area contributed by atoms with Gasteiger partial charge >= 0.3 is 5.97 Å². The summed E-state index contributed by atoms with van der Waals surface area (Å²) in [7, 11) is 0. The van der Waals surface area contributed by atoms with E-state index in [9.17, 15) is 4.79 Å². The van der Waals surface area contributed by atoms with E-state index in [1.807, 2.05) is 6.92 Å². The number of rotatable bonds is 12. The van der Waals surface area contributed by atoms with Crippen molar-refractivity contribution >= 4 is 5.97 Å². The molecule has 2 atom stereocenters. The molecule has 0 saturated heterocycles. The lowest BCUT2D eigenvalue weighted by molar-refractivity contribution is -0.143. The van der Waals surface area contributed by atoms with Crippen molar-refractivity contribution in [3.63, 3.8) is 0 Å². The number of hydrogen-bond donors (Lipinski definition) is 2. The lowest BCUT2D eigenvalue weighted by atomic mass is 9.92. The Kier molecular flexibility index (Phi) is 9.88. The fourth-order valence-electron chi connectivity index (χ4n) is 2.07. The van der Waals surface area contributed by atoms with E-state index >= 15 is 0 Å². The molecule has 114 valence electrons. The Morgan fingerprint density at radius 3 is 2.47 bits per heavy atom. The van der Waals surface area contributed by atoms with Crippen molar-refractivity contribution in [2.45, 2.75) is 71.3 Å². The van der Waals surface area contributed by atoms with Gasteiger partial charge in [0, 0.05) is 13.2 Å². The average molecular weight is 273 g/mol. The zero-order chi connectivity index (χ0) is 14.7. The monoisotopic (exact) mass is 273 g/mol. The molecule has 0 heterocycles. The van der Waals surface area contributed by atoms with E-state index in [2.05, 4.69) is 13.8 Å². The summed E-state index contributed by atoms with van der Waals surface area (Å²) < 4.78 is 5.65. The van der Waals surface area contributed by atoms with E-state index in [-0.39, 0.29) is 0 Å². The normalized spacial score (nSPS) is 16.0. The van der Waals surface area contributed by atoms with Crippen LogP contribution in [0.5, 0.6) is 0 Å². The molecule has 3 N–H and O–H groups in total. The predicted molar refractivity (Wildman–Crippen MR) is 78.2 cm³/mol. The second-order valence-electron chi connectivity index (χ2n) is 5.41. The van der Waals surface area contributed by atoms with Crippen molar-refractivity contribution in [1.29, 1.82) is 0 Å². The van der Waals surface area contributed by atoms with Gasteiger partial charge in [0.2, 0.25) is 0 Å². The molecule has 0 amide bonds. The van der Waals surface area contributed by atoms with Gasteiger partial charge in [-0.25, -0.2) is 0 Å². The minimum Gasteiger partial charge on any atom is -0.480 e. The van der Waals surface area contributed by atoms with Crippen LogP contribution in [0.4, 0.5) is 0 Å². The van der Waals surface area contributed by atoms with Crippen molar-refractivity contribution in [2.24, 2.45) is 11.7 Å². The molecule has 0 aromatic rings. The number of carboxylic acid groups (broad SMARTS) is 1. The first-order chi connectivity index (χ1) is 9.00. The van der Waals surface area contributed by atoms with E-state index < -0.39 is 11.5 Å². The lowest BCUT2D eigenvalue weighted by Gasteiger charge is -2.23. The second kappa shape index (κ2) is 10.2. The summed E-state index contributed by atoms with van der Waals surface area (Å²) in [6, 6.07) is 0. The number of unbranched alkanes of at least 4 members (excludes halogenated alkanes) is 1. The Labute approximate surface area is 117 Å². The van der Waals surface area contributed by atoms with Crippen LogP contribution in [0.1, 0.15) is 65.7 Å². The molecule has 0 radical (unpaired) electrons. The SMILES string of the molecule is CCCCC(CC)COCCCC(N)(CC)C(=O)O. The van der Waals surface area contributed by atoms with Gasteiger partial charge in [0.05, 0.1) is 0 Å². The quantitative estimate of drug-likeness (QED) is 0.536. The molecule has 0 rings (SSSR count). The van der Waals surface area contributed by atoms with Crippen LogP contribution in [0, 0.1) is 5.92 Å². The van der Waals surface area contributed by atoms with E-state index in [0.29, 0.717) is 31.8 Å². The molecule has 0 aliphatic carbocycles. The van der Waals surface area contributed by atoms with Crippen molar-refractivity contribution < 1.29 is 14.6 Å². The predicted octanol–water partition coefficient (Wildman–Crippen LogP) is 3.19. The van der Waals surface area contributed by atoms with Gasteiger partial charge in [0.15, 0.2) is 0 Å². The van der Waals surface area contributed by atoms with E-state index in [1.165, 1.54) is 19.3 Å². The molecule has 2 unspecified atom stereocenters. The highest BCUT2D eigenvalue weighted by Gasteiger charge is 2.30. The highest BCUT2D eigenvalue weighted by Crippen LogP contribution is 2.16. The summed E-state index contributed by atoms with van der Waals surface area (Å²) in [6.45, 7) is 7.59. The van der Waals surface area contributed by atoms with Crippen molar-refractivity contribution in [3.8, 4) is 0 Å². The zero-order valence-electron chi connectivity index (χ0n) is 12.8. The summed E-state index contributed by atoms with van der Waals surface area (Å²) in [5.74, 6) is -0.280. The first-order valence-electron chi connectivity index (χ1n) is 7.60. The van der Waals surface area contributed by atoms with Crippen molar-refractivity contribution in [3.05, 3.63) is 0 Å². The number of ether oxygens (including phenoxy) is 1. The van der Waals surface area contributed by atoms with Crippen molar-refractivity contribution in [2.75, 3.05) is 13.2 Å². The second-order valence-corrected chi connectivity index (χ2v) is 5.41. The Morgan fingerprint density at radius 2 is 2.00 bits per heavy atom. The highest BCUT2D eigenvalue weighted by atomic mass is 16.5. The van der Waals surface area contributed by atoms with E-state index in [4.69, 9.17) is 15.6 Å². The zero-order valence-corrected chi connectivity index (χ0v) is 12.8. The molecule has 0 aliphatic heterocycles. The maximum Gasteiger partial charge on any atom is 0.323 e. The summed E-state index contributed by atoms with van der Waals surface area (Å²) in [5.41, 5.74) is 4.73. The number of nitrogens with two attached hydrogens (primary N) is 1. The Hall–Kier alpha value is -0.610. The first kappa shape index (κ1) is 18.4. The highest BCUT2D eigenvalue weighted by molar-refractivity contribution is 5.78. The number of hydrogen-bond acceptors (Lipinski definition) is 3. The number of carboxylic acids is 1. The van der Waals surface area contributed by atoms with E-state index in [1.54, 1.807) is 0 Å². The summed E-state index contributed by atoms with van der Waals surface area (Å²) in [6.07, 6.45) is 6.48. The van der Waals surface area contributed by atoms with Gasteiger partial charge in [-0.3, -0.25) is 4.79 Å². The molecular weight excluding hydrogens is 242 g/mol. The van der Waals surface area contributed by atoms with Crippen LogP contribution in [0.15, 0.2) is 0 Å². The molecule has 19 heavy (non-hydrogen) atoms. The molecule has 0 fully saturated rings. The molecule has 0 aliphatic rings. The van der Waals surface area contributed by atoms with E-state index in [0.717, 1.165) is 13.0 Å². The van der Waals surface area contributed by atoms with Crippen LogP contribution < -0.4 is 5.73 Å². The van der Waals surface area contributed by atoms with Crippen LogP contribution in [0.25, 0.3) is 0 Å². The van der Waals surface area contributed by atoms with Gasteiger partial charge < -0.3 is 15.6 Å². The first-order valence-corrected chi connectivity index (χ1v) is 7.60. The Balaban J connectivity index is 3.76. The summed E-state index contributed by atoms with van der Waals surface area (Å²) >= 11 is 0. The third-order valence-corrected chi connectivity index (χ3v) is 3.87. The molecule has 4 nitrogen and oxygen atoms in total. The molecule has 0 aromatic carbocycles. The average Bonchev–Trinajstić information content (AvgIpc) is 2.41. The summed E-state index contributed by atoms with van der Waals surface area (Å²) in [5, 5.41) is 9.05. The maximum absolute atomic E-state index is 11.0. The molecule has 4 heteroatoms. The van der Waals surface area contributed by atoms with Crippen LogP contribution in [-0.2, 0) is 9.53 Å². The minimum atomic E-state index is -1.09. The summed E-state index contributed by atoms with van der Waals surface area (Å²) in [4.78, 5) is 11.0. The van der Waals surface area contributed by atoms with Gasteiger partial charge in [0.1, 0.15) is 5.54 Å². The fraction of sp³-hybridized carbons (Fsp3) is 0.933. The smallest absolute Gasteiger partial charge is 0.323 e. The van der Waals surface area contributed by atoms with Gasteiger partial charge in [-0.05, 0) is 31.6 Å². The third kappa shape index (κ3) is 7.53. The van der Waals surface area contributed by atoms with Crippen LogP contribution in [0.3, 0.4) is 0 Å². The Morgan fingerprint density at radius 1 is 1.32 bits per heavy atom. The van der Waals surface area contributed by atoms with Crippen LogP contribution in [-0.4, -0.2) is 29.8 Å². The van der Waals surface area contributed by atoms with Gasteiger partial charge in [-0.15, -0.1) is 0 Å².